The molecular formula is C15H24BrN3. The highest BCUT2D eigenvalue weighted by Gasteiger charge is 2.12. The van der Waals surface area contributed by atoms with Crippen molar-refractivity contribution in [1.82, 2.24) is 15.5 Å². The lowest BCUT2D eigenvalue weighted by atomic mass is 10.0. The van der Waals surface area contributed by atoms with Crippen LogP contribution in [0.25, 0.3) is 0 Å². The van der Waals surface area contributed by atoms with Gasteiger partial charge in [-0.15, -0.1) is 0 Å². The Morgan fingerprint density at radius 2 is 2.16 bits per heavy atom. The molecular weight excluding hydrogens is 302 g/mol. The molecule has 0 bridgehead atoms. The molecule has 3 nitrogen and oxygen atoms in total. The van der Waals surface area contributed by atoms with Crippen LogP contribution in [-0.4, -0.2) is 44.7 Å². The fourth-order valence-electron chi connectivity index (χ4n) is 2.65. The maximum atomic E-state index is 3.55. The first-order valence-electron chi connectivity index (χ1n) is 7.15. The summed E-state index contributed by atoms with van der Waals surface area (Å²) in [5, 5.41) is 6.83. The van der Waals surface area contributed by atoms with E-state index in [0.717, 1.165) is 17.6 Å². The van der Waals surface area contributed by atoms with Crippen LogP contribution in [-0.2, 0) is 0 Å². The molecule has 1 fully saturated rings. The van der Waals surface area contributed by atoms with Crippen molar-refractivity contribution >= 4 is 15.9 Å². The van der Waals surface area contributed by atoms with Gasteiger partial charge in [0.05, 0.1) is 0 Å². The molecule has 0 saturated carbocycles. The Kier molecular flexibility index (Phi) is 6.31. The van der Waals surface area contributed by atoms with Gasteiger partial charge in [0.15, 0.2) is 0 Å². The average Bonchev–Trinajstić information content (AvgIpc) is 2.45. The topological polar surface area (TPSA) is 27.3 Å². The lowest BCUT2D eigenvalue weighted by Crippen LogP contribution is -2.43. The number of nitrogens with one attached hydrogen (secondary N) is 2. The smallest absolute Gasteiger partial charge is 0.0318 e. The van der Waals surface area contributed by atoms with E-state index >= 15 is 0 Å². The summed E-state index contributed by atoms with van der Waals surface area (Å²) in [6, 6.07) is 9.07. The van der Waals surface area contributed by atoms with Crippen LogP contribution in [0.3, 0.4) is 0 Å². The Bertz CT molecular complexity index is 377. The molecule has 0 aromatic heterocycles. The van der Waals surface area contributed by atoms with Crippen molar-refractivity contribution in [3.63, 3.8) is 0 Å². The van der Waals surface area contributed by atoms with E-state index in [1.807, 2.05) is 0 Å². The highest BCUT2D eigenvalue weighted by atomic mass is 79.9. The summed E-state index contributed by atoms with van der Waals surface area (Å²) < 4.78 is 1.16. The molecule has 19 heavy (non-hydrogen) atoms. The van der Waals surface area contributed by atoms with Gasteiger partial charge in [-0.05, 0) is 44.1 Å². The number of piperazine rings is 1. The van der Waals surface area contributed by atoms with Crippen molar-refractivity contribution in [1.29, 1.82) is 0 Å². The van der Waals surface area contributed by atoms with Crippen LogP contribution >= 0.6 is 15.9 Å². The second-order valence-electron chi connectivity index (χ2n) is 5.13. The Morgan fingerprint density at radius 1 is 1.37 bits per heavy atom. The van der Waals surface area contributed by atoms with E-state index in [9.17, 15) is 0 Å². The van der Waals surface area contributed by atoms with Crippen LogP contribution in [0.2, 0.25) is 0 Å². The van der Waals surface area contributed by atoms with E-state index < -0.39 is 0 Å². The predicted octanol–water partition coefficient (Wildman–Crippen LogP) is 2.40. The number of benzene rings is 1. The molecule has 4 heteroatoms. The summed E-state index contributed by atoms with van der Waals surface area (Å²) >= 11 is 3.55. The van der Waals surface area contributed by atoms with Crippen molar-refractivity contribution in [2.75, 3.05) is 39.8 Å². The van der Waals surface area contributed by atoms with E-state index in [1.165, 1.54) is 38.0 Å². The fourth-order valence-corrected chi connectivity index (χ4v) is 3.07. The van der Waals surface area contributed by atoms with Gasteiger partial charge in [0, 0.05) is 36.7 Å². The van der Waals surface area contributed by atoms with E-state index in [4.69, 9.17) is 0 Å². The third-order valence-electron chi connectivity index (χ3n) is 3.78. The second kappa shape index (κ2) is 8.00. The van der Waals surface area contributed by atoms with Crippen LogP contribution in [0.1, 0.15) is 24.4 Å². The Hall–Kier alpha value is -0.420. The summed E-state index contributed by atoms with van der Waals surface area (Å²) in [4.78, 5) is 2.56. The van der Waals surface area contributed by atoms with Gasteiger partial charge >= 0.3 is 0 Å². The van der Waals surface area contributed by atoms with Crippen LogP contribution in [0.15, 0.2) is 28.7 Å². The molecule has 106 valence electrons. The van der Waals surface area contributed by atoms with Gasteiger partial charge in [-0.25, -0.2) is 0 Å². The zero-order valence-electron chi connectivity index (χ0n) is 11.7. The molecule has 1 atom stereocenters. The van der Waals surface area contributed by atoms with Crippen LogP contribution in [0, 0.1) is 0 Å². The molecule has 1 saturated heterocycles. The maximum absolute atomic E-state index is 3.55. The first kappa shape index (κ1) is 15.0. The van der Waals surface area contributed by atoms with Gasteiger partial charge in [-0.1, -0.05) is 28.1 Å². The zero-order chi connectivity index (χ0) is 13.5. The first-order chi connectivity index (χ1) is 9.29. The van der Waals surface area contributed by atoms with E-state index in [1.54, 1.807) is 0 Å². The summed E-state index contributed by atoms with van der Waals surface area (Å²) in [5.41, 5.74) is 1.37. The molecule has 0 radical (unpaired) electrons. The van der Waals surface area contributed by atoms with Crippen LogP contribution in [0.4, 0.5) is 0 Å². The molecule has 1 aromatic carbocycles. The van der Waals surface area contributed by atoms with E-state index in [0.29, 0.717) is 6.04 Å². The number of nitrogens with zero attached hydrogens (tertiary/aromatic N) is 1. The van der Waals surface area contributed by atoms with Gasteiger partial charge in [-0.2, -0.15) is 0 Å². The number of halogens is 1. The third-order valence-corrected chi connectivity index (χ3v) is 4.27. The number of hydrogen-bond acceptors (Lipinski definition) is 3. The molecule has 1 aromatic rings. The Morgan fingerprint density at radius 3 is 2.84 bits per heavy atom. The molecule has 0 aliphatic carbocycles. The van der Waals surface area contributed by atoms with Gasteiger partial charge in [0.1, 0.15) is 0 Å². The predicted molar refractivity (Wildman–Crippen MR) is 84.5 cm³/mol. The summed E-state index contributed by atoms with van der Waals surface area (Å²) in [5.74, 6) is 0. The van der Waals surface area contributed by atoms with Crippen molar-refractivity contribution in [3.8, 4) is 0 Å². The molecule has 2 N–H and O–H groups in total. The van der Waals surface area contributed by atoms with Crippen molar-refractivity contribution in [3.05, 3.63) is 34.3 Å². The molecule has 1 aliphatic rings. The minimum absolute atomic E-state index is 0.459. The highest BCUT2D eigenvalue weighted by molar-refractivity contribution is 9.10. The minimum Gasteiger partial charge on any atom is -0.314 e. The van der Waals surface area contributed by atoms with Gasteiger partial charge in [-0.3, -0.25) is 0 Å². The molecule has 0 amide bonds. The first-order valence-corrected chi connectivity index (χ1v) is 7.94. The lowest BCUT2D eigenvalue weighted by molar-refractivity contribution is 0.233. The highest BCUT2D eigenvalue weighted by Crippen LogP contribution is 2.21. The SMILES string of the molecule is CNC(CCCN1CCNCC1)c1cccc(Br)c1. The fraction of sp³-hybridized carbons (Fsp3) is 0.600. The van der Waals surface area contributed by atoms with Gasteiger partial charge < -0.3 is 15.5 Å². The lowest BCUT2D eigenvalue weighted by Gasteiger charge is -2.27. The minimum atomic E-state index is 0.459. The molecule has 0 spiro atoms. The monoisotopic (exact) mass is 325 g/mol. The number of hydrogen-bond donors (Lipinski definition) is 2. The van der Waals surface area contributed by atoms with Gasteiger partial charge in [0.25, 0.3) is 0 Å². The molecule has 1 aliphatic heterocycles. The Balaban J connectivity index is 1.79. The zero-order valence-corrected chi connectivity index (χ0v) is 13.2. The number of rotatable bonds is 6. The van der Waals surface area contributed by atoms with E-state index in [-0.39, 0.29) is 0 Å². The third kappa shape index (κ3) is 4.88. The average molecular weight is 326 g/mol. The molecule has 2 rings (SSSR count). The second-order valence-corrected chi connectivity index (χ2v) is 6.05. The molecule has 1 heterocycles. The summed E-state index contributed by atoms with van der Waals surface area (Å²) in [6.07, 6.45) is 2.44. The largest absolute Gasteiger partial charge is 0.314 e. The standard InChI is InChI=1S/C15H24BrN3/c1-17-15(13-4-2-5-14(16)12-13)6-3-9-19-10-7-18-8-11-19/h2,4-5,12,15,17-18H,3,6-11H2,1H3. The van der Waals surface area contributed by atoms with Crippen molar-refractivity contribution in [2.45, 2.75) is 18.9 Å². The normalized spacial score (nSPS) is 18.4. The van der Waals surface area contributed by atoms with Crippen LogP contribution < -0.4 is 10.6 Å². The van der Waals surface area contributed by atoms with Gasteiger partial charge in [0.2, 0.25) is 0 Å². The van der Waals surface area contributed by atoms with E-state index in [2.05, 4.69) is 62.8 Å². The molecule has 1 unspecified atom stereocenters. The Labute approximate surface area is 124 Å². The van der Waals surface area contributed by atoms with Crippen molar-refractivity contribution in [2.24, 2.45) is 0 Å². The van der Waals surface area contributed by atoms with Crippen LogP contribution in [0.5, 0.6) is 0 Å². The quantitative estimate of drug-likeness (QED) is 0.841. The maximum Gasteiger partial charge on any atom is 0.0318 e. The summed E-state index contributed by atoms with van der Waals surface area (Å²) in [7, 11) is 2.05. The summed E-state index contributed by atoms with van der Waals surface area (Å²) in [6.45, 7) is 5.89. The van der Waals surface area contributed by atoms with Crippen molar-refractivity contribution < 1.29 is 0 Å².